The number of aliphatic hydroxyl groups is 1. The summed E-state index contributed by atoms with van der Waals surface area (Å²) in [5, 5.41) is 16.5. The van der Waals surface area contributed by atoms with Crippen LogP contribution in [0.5, 0.6) is 0 Å². The summed E-state index contributed by atoms with van der Waals surface area (Å²) in [7, 11) is 0. The van der Waals surface area contributed by atoms with Crippen molar-refractivity contribution >= 4 is 5.97 Å². The maximum atomic E-state index is 13.0. The van der Waals surface area contributed by atoms with Crippen LogP contribution < -0.4 is 5.56 Å². The quantitative estimate of drug-likeness (QED) is 0.727. The van der Waals surface area contributed by atoms with Gasteiger partial charge < -0.3 is 14.9 Å². The molecule has 3 N–H and O–H groups in total. The Balaban J connectivity index is 2.17. The summed E-state index contributed by atoms with van der Waals surface area (Å²) in [6.45, 7) is 6.98. The second-order valence-electron chi connectivity index (χ2n) is 7.90. The van der Waals surface area contributed by atoms with Gasteiger partial charge in [0, 0.05) is 23.6 Å². The Morgan fingerprint density at radius 2 is 1.88 bits per heavy atom. The van der Waals surface area contributed by atoms with Gasteiger partial charge in [-0.1, -0.05) is 30.3 Å². The van der Waals surface area contributed by atoms with Gasteiger partial charge in [-0.05, 0) is 33.3 Å². The van der Waals surface area contributed by atoms with E-state index in [-0.39, 0.29) is 12.0 Å². The highest BCUT2D eigenvalue weighted by atomic mass is 16.6. The van der Waals surface area contributed by atoms with Gasteiger partial charge in [0.05, 0.1) is 11.5 Å². The van der Waals surface area contributed by atoms with Crippen LogP contribution in [0.15, 0.2) is 35.1 Å². The predicted octanol–water partition coefficient (Wildman–Crippen LogP) is 2.10. The van der Waals surface area contributed by atoms with Crippen molar-refractivity contribution in [3.8, 4) is 0 Å². The van der Waals surface area contributed by atoms with E-state index in [1.54, 1.807) is 27.7 Å². The van der Waals surface area contributed by atoms with Crippen LogP contribution in [0.25, 0.3) is 0 Å². The molecule has 6 nitrogen and oxygen atoms in total. The van der Waals surface area contributed by atoms with E-state index in [0.29, 0.717) is 11.3 Å². The molecule has 0 saturated heterocycles. The first-order valence-corrected chi connectivity index (χ1v) is 8.40. The lowest BCUT2D eigenvalue weighted by Gasteiger charge is -2.41. The van der Waals surface area contributed by atoms with Crippen LogP contribution in [-0.4, -0.2) is 32.5 Å². The third kappa shape index (κ3) is 3.26. The molecular formula is C19H24N2O4. The molecule has 0 radical (unpaired) electrons. The van der Waals surface area contributed by atoms with Crippen molar-refractivity contribution in [1.29, 1.82) is 0 Å². The standard InChI is InChI=1S/C19H24N2O4/c1-18(2,3)25-17(23)15-13(11-8-6-5-7-9-11)14-12(10-19(15,4)24)20-21-16(14)22/h5-9,13,15,24H,10H2,1-4H3,(H2,20,21,22)/t13-,15+,19-/m1/s1. The summed E-state index contributed by atoms with van der Waals surface area (Å²) < 4.78 is 5.57. The summed E-state index contributed by atoms with van der Waals surface area (Å²) in [4.78, 5) is 25.3. The van der Waals surface area contributed by atoms with Gasteiger partial charge in [-0.15, -0.1) is 0 Å². The fourth-order valence-electron chi connectivity index (χ4n) is 3.64. The highest BCUT2D eigenvalue weighted by Crippen LogP contribution is 2.44. The van der Waals surface area contributed by atoms with Crippen molar-refractivity contribution in [3.63, 3.8) is 0 Å². The first-order chi connectivity index (χ1) is 11.6. The van der Waals surface area contributed by atoms with Gasteiger partial charge in [0.1, 0.15) is 5.60 Å². The second kappa shape index (κ2) is 5.88. The fourth-order valence-corrected chi connectivity index (χ4v) is 3.64. The molecule has 6 heteroatoms. The lowest BCUT2D eigenvalue weighted by atomic mass is 9.66. The Morgan fingerprint density at radius 1 is 1.24 bits per heavy atom. The molecule has 1 aromatic carbocycles. The maximum absolute atomic E-state index is 13.0. The van der Waals surface area contributed by atoms with Crippen LogP contribution in [0.2, 0.25) is 0 Å². The zero-order valence-corrected chi connectivity index (χ0v) is 14.9. The van der Waals surface area contributed by atoms with Gasteiger partial charge in [0.15, 0.2) is 0 Å². The van der Waals surface area contributed by atoms with Crippen molar-refractivity contribution in [2.24, 2.45) is 5.92 Å². The SMILES string of the molecule is CC(C)(C)OC(=O)[C@@H]1[C@H](c2ccccc2)c2c([nH][nH]c2=O)C[C@@]1(C)O. The number of aromatic nitrogens is 2. The number of aromatic amines is 2. The molecule has 3 atom stereocenters. The zero-order valence-electron chi connectivity index (χ0n) is 14.9. The highest BCUT2D eigenvalue weighted by molar-refractivity contribution is 5.77. The average molecular weight is 344 g/mol. The Labute approximate surface area is 146 Å². The van der Waals surface area contributed by atoms with Crippen molar-refractivity contribution in [2.75, 3.05) is 0 Å². The van der Waals surface area contributed by atoms with Gasteiger partial charge in [0.25, 0.3) is 5.56 Å². The number of benzene rings is 1. The lowest BCUT2D eigenvalue weighted by molar-refractivity contribution is -0.171. The molecule has 0 spiro atoms. The smallest absolute Gasteiger partial charge is 0.313 e. The number of esters is 1. The minimum absolute atomic E-state index is 0.175. The van der Waals surface area contributed by atoms with Crippen LogP contribution in [0.1, 0.15) is 50.4 Å². The van der Waals surface area contributed by atoms with Gasteiger partial charge in [-0.25, -0.2) is 0 Å². The number of hydrogen-bond donors (Lipinski definition) is 3. The largest absolute Gasteiger partial charge is 0.460 e. The Morgan fingerprint density at radius 3 is 2.48 bits per heavy atom. The third-order valence-corrected chi connectivity index (χ3v) is 4.57. The number of H-pyrrole nitrogens is 2. The van der Waals surface area contributed by atoms with Crippen LogP contribution in [0.3, 0.4) is 0 Å². The number of rotatable bonds is 2. The molecule has 0 amide bonds. The first kappa shape index (κ1) is 17.5. The molecule has 0 saturated carbocycles. The molecule has 3 rings (SSSR count). The third-order valence-electron chi connectivity index (χ3n) is 4.57. The molecule has 0 bridgehead atoms. The Hall–Kier alpha value is -2.34. The number of carbonyl (C=O) groups is 1. The van der Waals surface area contributed by atoms with E-state index in [9.17, 15) is 14.7 Å². The van der Waals surface area contributed by atoms with Crippen molar-refractivity contribution < 1.29 is 14.6 Å². The average Bonchev–Trinajstić information content (AvgIpc) is 2.84. The molecule has 1 aliphatic rings. The normalized spacial score (nSPS) is 26.1. The summed E-state index contributed by atoms with van der Waals surface area (Å²) in [5.41, 5.74) is -0.380. The Bertz CT molecular complexity index is 827. The van der Waals surface area contributed by atoms with E-state index >= 15 is 0 Å². The molecule has 1 heterocycles. The topological polar surface area (TPSA) is 95.2 Å². The second-order valence-corrected chi connectivity index (χ2v) is 7.90. The number of hydrogen-bond acceptors (Lipinski definition) is 4. The number of fused-ring (bicyclic) bond motifs is 1. The summed E-state index contributed by atoms with van der Waals surface area (Å²) in [5.74, 6) is -1.96. The molecule has 1 aliphatic carbocycles. The van der Waals surface area contributed by atoms with E-state index in [1.165, 1.54) is 0 Å². The van der Waals surface area contributed by atoms with Gasteiger partial charge >= 0.3 is 5.97 Å². The number of nitrogens with one attached hydrogen (secondary N) is 2. The lowest BCUT2D eigenvalue weighted by Crippen LogP contribution is -2.51. The van der Waals surface area contributed by atoms with E-state index in [2.05, 4.69) is 10.2 Å². The fraction of sp³-hybridized carbons (Fsp3) is 0.474. The Kier molecular flexibility index (Phi) is 4.11. The van der Waals surface area contributed by atoms with E-state index in [1.807, 2.05) is 30.3 Å². The van der Waals surface area contributed by atoms with E-state index < -0.39 is 29.0 Å². The molecular weight excluding hydrogens is 320 g/mol. The summed E-state index contributed by atoms with van der Waals surface area (Å²) in [6, 6.07) is 9.30. The van der Waals surface area contributed by atoms with Crippen molar-refractivity contribution in [1.82, 2.24) is 10.2 Å². The molecule has 134 valence electrons. The molecule has 1 aromatic heterocycles. The maximum Gasteiger partial charge on any atom is 0.313 e. The summed E-state index contributed by atoms with van der Waals surface area (Å²) >= 11 is 0. The summed E-state index contributed by atoms with van der Waals surface area (Å²) in [6.07, 6.45) is 0.175. The number of ether oxygens (including phenoxy) is 1. The van der Waals surface area contributed by atoms with Crippen LogP contribution in [0, 0.1) is 5.92 Å². The van der Waals surface area contributed by atoms with E-state index in [0.717, 1.165) is 5.56 Å². The minimum atomic E-state index is -1.35. The van der Waals surface area contributed by atoms with Crippen LogP contribution >= 0.6 is 0 Å². The van der Waals surface area contributed by atoms with Crippen LogP contribution in [0.4, 0.5) is 0 Å². The van der Waals surface area contributed by atoms with Gasteiger partial charge in [-0.2, -0.15) is 0 Å². The van der Waals surface area contributed by atoms with Crippen molar-refractivity contribution in [3.05, 3.63) is 57.5 Å². The first-order valence-electron chi connectivity index (χ1n) is 8.40. The predicted molar refractivity (Wildman–Crippen MR) is 93.4 cm³/mol. The highest BCUT2D eigenvalue weighted by Gasteiger charge is 2.51. The molecule has 0 aliphatic heterocycles. The molecule has 2 aromatic rings. The van der Waals surface area contributed by atoms with Crippen LogP contribution in [-0.2, 0) is 16.0 Å². The van der Waals surface area contributed by atoms with Gasteiger partial charge in [0.2, 0.25) is 0 Å². The monoisotopic (exact) mass is 344 g/mol. The molecule has 0 fully saturated rings. The minimum Gasteiger partial charge on any atom is -0.460 e. The van der Waals surface area contributed by atoms with Gasteiger partial charge in [-0.3, -0.25) is 14.7 Å². The van der Waals surface area contributed by atoms with Crippen molar-refractivity contribution in [2.45, 2.75) is 51.2 Å². The van der Waals surface area contributed by atoms with E-state index in [4.69, 9.17) is 4.74 Å². The molecule has 25 heavy (non-hydrogen) atoms. The zero-order chi connectivity index (χ0) is 18.4. The number of carbonyl (C=O) groups excluding carboxylic acids is 1. The molecule has 0 unspecified atom stereocenters.